The number of ether oxygens (including phenoxy) is 2. The Morgan fingerprint density at radius 2 is 1.50 bits per heavy atom. The van der Waals surface area contributed by atoms with Gasteiger partial charge < -0.3 is 15.2 Å². The number of rotatable bonds is 1. The maximum Gasteiger partial charge on any atom is 0.275 e. The van der Waals surface area contributed by atoms with E-state index >= 15 is 0 Å². The smallest absolute Gasteiger partial charge is 0.275 e. The monoisotopic (exact) mass is 355 g/mol. The molecule has 0 bridgehead atoms. The van der Waals surface area contributed by atoms with Crippen LogP contribution in [0.15, 0.2) is 59.1 Å². The molecule has 0 radical (unpaired) electrons. The van der Waals surface area contributed by atoms with Crippen molar-refractivity contribution < 1.29 is 9.47 Å². The second-order valence-electron chi connectivity index (χ2n) is 5.54. The lowest BCUT2D eigenvalue weighted by molar-refractivity contribution is -0.0679. The van der Waals surface area contributed by atoms with Gasteiger partial charge in [-0.1, -0.05) is 30.3 Å². The molecule has 0 aliphatic carbocycles. The van der Waals surface area contributed by atoms with Crippen LogP contribution in [0.5, 0.6) is 11.5 Å². The first kappa shape index (κ1) is 13.5. The Kier molecular flexibility index (Phi) is 2.84. The summed E-state index contributed by atoms with van der Waals surface area (Å²) in [7, 11) is 0. The molecule has 1 unspecified atom stereocenters. The van der Waals surface area contributed by atoms with Crippen molar-refractivity contribution in [2.24, 2.45) is 0 Å². The summed E-state index contributed by atoms with van der Waals surface area (Å²) >= 11 is 3.46. The number of nitrogens with two attached hydrogens (primary N) is 1. The van der Waals surface area contributed by atoms with Crippen LogP contribution in [0.25, 0.3) is 10.8 Å². The number of benzene rings is 3. The molecule has 1 aliphatic heterocycles. The van der Waals surface area contributed by atoms with Crippen molar-refractivity contribution >= 4 is 32.4 Å². The first-order valence-corrected chi connectivity index (χ1v) is 7.81. The van der Waals surface area contributed by atoms with Gasteiger partial charge in [0.15, 0.2) is 11.5 Å². The zero-order valence-electron chi connectivity index (χ0n) is 12.0. The maximum absolute atomic E-state index is 6.09. The van der Waals surface area contributed by atoms with E-state index in [1.54, 1.807) is 0 Å². The highest BCUT2D eigenvalue weighted by Crippen LogP contribution is 2.46. The molecule has 3 aromatic carbocycles. The third-order valence-electron chi connectivity index (χ3n) is 3.93. The van der Waals surface area contributed by atoms with E-state index in [-0.39, 0.29) is 0 Å². The van der Waals surface area contributed by atoms with Gasteiger partial charge in [-0.25, -0.2) is 0 Å². The molecule has 2 N–H and O–H groups in total. The third-order valence-corrected chi connectivity index (χ3v) is 4.61. The van der Waals surface area contributed by atoms with Crippen LogP contribution in [-0.2, 0) is 5.79 Å². The van der Waals surface area contributed by atoms with Crippen LogP contribution in [-0.4, -0.2) is 0 Å². The highest BCUT2D eigenvalue weighted by Gasteiger charge is 2.38. The number of anilines is 1. The summed E-state index contributed by atoms with van der Waals surface area (Å²) < 4.78 is 13.1. The lowest BCUT2D eigenvalue weighted by atomic mass is 10.1. The fraction of sp³-hybridized carbons (Fsp3) is 0.111. The Morgan fingerprint density at radius 1 is 0.909 bits per heavy atom. The van der Waals surface area contributed by atoms with Gasteiger partial charge in [-0.05, 0) is 51.0 Å². The molecule has 0 saturated heterocycles. The summed E-state index contributed by atoms with van der Waals surface area (Å²) in [5.41, 5.74) is 7.64. The predicted molar refractivity (Wildman–Crippen MR) is 91.1 cm³/mol. The van der Waals surface area contributed by atoms with Crippen LogP contribution in [0, 0.1) is 0 Å². The molecule has 0 fully saturated rings. The SMILES string of the molecule is CC1(c2ccccc2)Oc2cc3cc(N)c(Br)cc3cc2O1. The molecule has 0 aromatic heterocycles. The number of halogens is 1. The molecular weight excluding hydrogens is 342 g/mol. The van der Waals surface area contributed by atoms with E-state index in [4.69, 9.17) is 15.2 Å². The van der Waals surface area contributed by atoms with Crippen molar-refractivity contribution in [3.8, 4) is 11.5 Å². The molecule has 3 aromatic rings. The Balaban J connectivity index is 1.82. The molecule has 1 atom stereocenters. The van der Waals surface area contributed by atoms with Crippen molar-refractivity contribution in [3.05, 3.63) is 64.6 Å². The number of fused-ring (bicyclic) bond motifs is 2. The van der Waals surface area contributed by atoms with Crippen LogP contribution < -0.4 is 15.2 Å². The van der Waals surface area contributed by atoms with Crippen LogP contribution in [0.4, 0.5) is 5.69 Å². The zero-order chi connectivity index (χ0) is 15.3. The second-order valence-corrected chi connectivity index (χ2v) is 6.39. The number of hydrogen-bond donors (Lipinski definition) is 1. The summed E-state index contributed by atoms with van der Waals surface area (Å²) in [5, 5.41) is 2.08. The van der Waals surface area contributed by atoms with Crippen LogP contribution in [0.3, 0.4) is 0 Å². The average molecular weight is 356 g/mol. The van der Waals surface area contributed by atoms with Gasteiger partial charge in [-0.2, -0.15) is 0 Å². The van der Waals surface area contributed by atoms with Crippen LogP contribution in [0.1, 0.15) is 12.5 Å². The minimum absolute atomic E-state index is 0.706. The third kappa shape index (κ3) is 2.03. The molecule has 110 valence electrons. The summed E-state index contributed by atoms with van der Waals surface area (Å²) in [6.07, 6.45) is 0. The van der Waals surface area contributed by atoms with E-state index in [9.17, 15) is 0 Å². The van der Waals surface area contributed by atoms with Gasteiger partial charge >= 0.3 is 0 Å². The molecule has 22 heavy (non-hydrogen) atoms. The van der Waals surface area contributed by atoms with Gasteiger partial charge in [0.25, 0.3) is 5.79 Å². The van der Waals surface area contributed by atoms with Crippen molar-refractivity contribution in [2.75, 3.05) is 5.73 Å². The topological polar surface area (TPSA) is 44.5 Å². The largest absolute Gasteiger partial charge is 0.445 e. The molecule has 3 nitrogen and oxygen atoms in total. The van der Waals surface area contributed by atoms with Crippen molar-refractivity contribution in [1.82, 2.24) is 0 Å². The Hall–Kier alpha value is -2.20. The number of nitrogen functional groups attached to an aromatic ring is 1. The maximum atomic E-state index is 6.09. The average Bonchev–Trinajstić information content (AvgIpc) is 2.84. The molecule has 0 amide bonds. The van der Waals surface area contributed by atoms with E-state index in [1.807, 2.05) is 61.5 Å². The van der Waals surface area contributed by atoms with E-state index in [1.165, 1.54) is 0 Å². The van der Waals surface area contributed by atoms with E-state index in [0.717, 1.165) is 32.3 Å². The minimum Gasteiger partial charge on any atom is -0.445 e. The Bertz CT molecular complexity index is 827. The fourth-order valence-corrected chi connectivity index (χ4v) is 3.12. The van der Waals surface area contributed by atoms with Gasteiger partial charge in [0.2, 0.25) is 0 Å². The van der Waals surface area contributed by atoms with Crippen LogP contribution in [0.2, 0.25) is 0 Å². The van der Waals surface area contributed by atoms with Crippen molar-refractivity contribution in [2.45, 2.75) is 12.7 Å². The van der Waals surface area contributed by atoms with Gasteiger partial charge in [0.05, 0.1) is 0 Å². The molecule has 4 heteroatoms. The number of hydrogen-bond acceptors (Lipinski definition) is 3. The minimum atomic E-state index is -0.802. The van der Waals surface area contributed by atoms with Gasteiger partial charge in [-0.15, -0.1) is 0 Å². The molecular formula is C18H14BrNO2. The highest BCUT2D eigenvalue weighted by molar-refractivity contribution is 9.10. The summed E-state index contributed by atoms with van der Waals surface area (Å²) in [4.78, 5) is 0. The normalized spacial score (nSPS) is 19.5. The molecule has 0 spiro atoms. The Morgan fingerprint density at radius 3 is 2.14 bits per heavy atom. The lowest BCUT2D eigenvalue weighted by Gasteiger charge is -2.23. The molecule has 4 rings (SSSR count). The van der Waals surface area contributed by atoms with Gasteiger partial charge in [-0.3, -0.25) is 0 Å². The highest BCUT2D eigenvalue weighted by atomic mass is 79.9. The van der Waals surface area contributed by atoms with E-state index in [0.29, 0.717) is 5.69 Å². The fourth-order valence-electron chi connectivity index (χ4n) is 2.76. The van der Waals surface area contributed by atoms with Gasteiger partial charge in [0.1, 0.15) is 0 Å². The van der Waals surface area contributed by atoms with Crippen molar-refractivity contribution in [3.63, 3.8) is 0 Å². The quantitative estimate of drug-likeness (QED) is 0.636. The predicted octanol–water partition coefficient (Wildman–Crippen LogP) is 4.83. The first-order valence-electron chi connectivity index (χ1n) is 7.01. The second kappa shape index (κ2) is 4.65. The van der Waals surface area contributed by atoms with E-state index < -0.39 is 5.79 Å². The first-order chi connectivity index (χ1) is 10.5. The summed E-state index contributed by atoms with van der Waals surface area (Å²) in [6.45, 7) is 1.93. The molecule has 0 saturated carbocycles. The standard InChI is InChI=1S/C18H14BrNO2/c1-18(13-5-3-2-4-6-13)21-16-9-11-7-14(19)15(20)8-12(11)10-17(16)22-18/h2-10H,20H2,1H3. The summed E-state index contributed by atoms with van der Waals surface area (Å²) in [6, 6.07) is 17.8. The Labute approximate surface area is 136 Å². The summed E-state index contributed by atoms with van der Waals surface area (Å²) in [5.74, 6) is 0.681. The molecule has 1 aliphatic rings. The van der Waals surface area contributed by atoms with Crippen molar-refractivity contribution in [1.29, 1.82) is 0 Å². The van der Waals surface area contributed by atoms with Crippen LogP contribution >= 0.6 is 15.9 Å². The van der Waals surface area contributed by atoms with E-state index in [2.05, 4.69) is 15.9 Å². The lowest BCUT2D eigenvalue weighted by Crippen LogP contribution is -2.31. The zero-order valence-corrected chi connectivity index (χ0v) is 13.6. The molecule has 1 heterocycles. The van der Waals surface area contributed by atoms with Gasteiger partial charge in [0, 0.05) is 22.6 Å².